The average Bonchev–Trinajstić information content (AvgIpc) is 2.43. The standard InChI is InChI=1S/C15H15ClF2N2/c16-14-4-2-1-3-10(14)7-13(20-19)8-11-5-6-12(17)9-15(11)18/h1-6,9,13,20H,7-8,19H2. The Balaban J connectivity index is 2.11. The van der Waals surface area contributed by atoms with E-state index in [1.807, 2.05) is 18.2 Å². The first kappa shape index (κ1) is 14.9. The third kappa shape index (κ3) is 3.76. The summed E-state index contributed by atoms with van der Waals surface area (Å²) in [6.45, 7) is 0. The van der Waals surface area contributed by atoms with Crippen molar-refractivity contribution >= 4 is 11.6 Å². The molecule has 2 aromatic carbocycles. The van der Waals surface area contributed by atoms with Gasteiger partial charge in [-0.25, -0.2) is 8.78 Å². The smallest absolute Gasteiger partial charge is 0.129 e. The molecule has 0 spiro atoms. The molecular formula is C15H15ClF2N2. The van der Waals surface area contributed by atoms with Crippen LogP contribution < -0.4 is 11.3 Å². The Bertz CT molecular complexity index is 590. The van der Waals surface area contributed by atoms with E-state index in [0.29, 0.717) is 23.4 Å². The highest BCUT2D eigenvalue weighted by Gasteiger charge is 2.13. The molecule has 0 radical (unpaired) electrons. The lowest BCUT2D eigenvalue weighted by molar-refractivity contribution is 0.502. The Labute approximate surface area is 121 Å². The molecule has 1 atom stereocenters. The molecule has 2 nitrogen and oxygen atoms in total. The van der Waals surface area contributed by atoms with E-state index < -0.39 is 11.6 Å². The van der Waals surface area contributed by atoms with Gasteiger partial charge in [0.1, 0.15) is 11.6 Å². The molecule has 0 aliphatic heterocycles. The van der Waals surface area contributed by atoms with Gasteiger partial charge in [-0.05, 0) is 36.1 Å². The number of hydrogen-bond donors (Lipinski definition) is 2. The zero-order chi connectivity index (χ0) is 14.5. The van der Waals surface area contributed by atoms with Gasteiger partial charge in [0.25, 0.3) is 0 Å². The molecule has 2 rings (SSSR count). The van der Waals surface area contributed by atoms with Crippen LogP contribution in [0.15, 0.2) is 42.5 Å². The molecule has 0 aliphatic carbocycles. The summed E-state index contributed by atoms with van der Waals surface area (Å²) in [7, 11) is 0. The van der Waals surface area contributed by atoms with Crippen molar-refractivity contribution in [1.82, 2.24) is 5.43 Å². The first-order chi connectivity index (χ1) is 9.60. The molecule has 0 fully saturated rings. The topological polar surface area (TPSA) is 38.0 Å². The summed E-state index contributed by atoms with van der Waals surface area (Å²) in [5, 5.41) is 0.646. The summed E-state index contributed by atoms with van der Waals surface area (Å²) in [5.41, 5.74) is 4.00. The molecule has 0 aromatic heterocycles. The number of hydrogen-bond acceptors (Lipinski definition) is 2. The molecule has 0 aliphatic rings. The maximum atomic E-state index is 13.6. The summed E-state index contributed by atoms with van der Waals surface area (Å²) >= 11 is 6.09. The van der Waals surface area contributed by atoms with E-state index in [4.69, 9.17) is 17.4 Å². The van der Waals surface area contributed by atoms with Gasteiger partial charge in [0, 0.05) is 17.1 Å². The zero-order valence-electron chi connectivity index (χ0n) is 10.7. The Kier molecular flexibility index (Phi) is 5.06. The van der Waals surface area contributed by atoms with E-state index in [2.05, 4.69) is 5.43 Å². The zero-order valence-corrected chi connectivity index (χ0v) is 11.5. The maximum absolute atomic E-state index is 13.6. The largest absolute Gasteiger partial charge is 0.271 e. The van der Waals surface area contributed by atoms with Crippen LogP contribution in [0.2, 0.25) is 5.02 Å². The number of halogens is 3. The van der Waals surface area contributed by atoms with E-state index in [0.717, 1.165) is 11.6 Å². The van der Waals surface area contributed by atoms with Crippen LogP contribution in [0.3, 0.4) is 0 Å². The lowest BCUT2D eigenvalue weighted by atomic mass is 9.99. The quantitative estimate of drug-likeness (QED) is 0.657. The molecule has 5 heteroatoms. The minimum atomic E-state index is -0.588. The second kappa shape index (κ2) is 6.79. The van der Waals surface area contributed by atoms with Crippen molar-refractivity contribution in [1.29, 1.82) is 0 Å². The molecule has 0 saturated heterocycles. The first-order valence-corrected chi connectivity index (χ1v) is 6.61. The summed E-state index contributed by atoms with van der Waals surface area (Å²) < 4.78 is 26.5. The van der Waals surface area contributed by atoms with Crippen molar-refractivity contribution in [2.45, 2.75) is 18.9 Å². The molecule has 106 valence electrons. The Morgan fingerprint density at radius 2 is 1.75 bits per heavy atom. The fourth-order valence-corrected chi connectivity index (χ4v) is 2.28. The summed E-state index contributed by atoms with van der Waals surface area (Å²) in [6.07, 6.45) is 0.917. The predicted molar refractivity (Wildman–Crippen MR) is 76.3 cm³/mol. The normalized spacial score (nSPS) is 12.4. The third-order valence-corrected chi connectivity index (χ3v) is 3.51. The highest BCUT2D eigenvalue weighted by atomic mass is 35.5. The van der Waals surface area contributed by atoms with Crippen molar-refractivity contribution in [3.63, 3.8) is 0 Å². The molecule has 0 amide bonds. The Morgan fingerprint density at radius 1 is 1.05 bits per heavy atom. The van der Waals surface area contributed by atoms with Crippen LogP contribution in [0.4, 0.5) is 8.78 Å². The average molecular weight is 297 g/mol. The molecule has 20 heavy (non-hydrogen) atoms. The van der Waals surface area contributed by atoms with Crippen molar-refractivity contribution in [3.8, 4) is 0 Å². The van der Waals surface area contributed by atoms with Crippen LogP contribution in [-0.2, 0) is 12.8 Å². The number of benzene rings is 2. The number of nitrogens with two attached hydrogens (primary N) is 1. The summed E-state index contributed by atoms with van der Waals surface area (Å²) in [4.78, 5) is 0. The molecule has 1 unspecified atom stereocenters. The van der Waals surface area contributed by atoms with Gasteiger partial charge in [-0.1, -0.05) is 35.9 Å². The van der Waals surface area contributed by atoms with Crippen LogP contribution >= 0.6 is 11.6 Å². The van der Waals surface area contributed by atoms with Crippen LogP contribution in [0.25, 0.3) is 0 Å². The van der Waals surface area contributed by atoms with Crippen LogP contribution in [0.1, 0.15) is 11.1 Å². The highest BCUT2D eigenvalue weighted by Crippen LogP contribution is 2.19. The van der Waals surface area contributed by atoms with Crippen molar-refractivity contribution in [2.24, 2.45) is 5.84 Å². The van der Waals surface area contributed by atoms with Crippen LogP contribution in [0, 0.1) is 11.6 Å². The molecule has 0 saturated carbocycles. The van der Waals surface area contributed by atoms with E-state index in [-0.39, 0.29) is 6.04 Å². The van der Waals surface area contributed by atoms with Gasteiger partial charge in [0.2, 0.25) is 0 Å². The van der Waals surface area contributed by atoms with Crippen molar-refractivity contribution < 1.29 is 8.78 Å². The monoisotopic (exact) mass is 296 g/mol. The lowest BCUT2D eigenvalue weighted by Gasteiger charge is -2.17. The molecule has 0 bridgehead atoms. The van der Waals surface area contributed by atoms with Gasteiger partial charge in [-0.3, -0.25) is 11.3 Å². The van der Waals surface area contributed by atoms with E-state index in [1.165, 1.54) is 12.1 Å². The minimum absolute atomic E-state index is 0.185. The van der Waals surface area contributed by atoms with Gasteiger partial charge in [-0.2, -0.15) is 0 Å². The Morgan fingerprint density at radius 3 is 2.40 bits per heavy atom. The second-order valence-corrected chi connectivity index (χ2v) is 5.01. The minimum Gasteiger partial charge on any atom is -0.271 e. The van der Waals surface area contributed by atoms with Gasteiger partial charge < -0.3 is 0 Å². The highest BCUT2D eigenvalue weighted by molar-refractivity contribution is 6.31. The maximum Gasteiger partial charge on any atom is 0.129 e. The first-order valence-electron chi connectivity index (χ1n) is 6.23. The van der Waals surface area contributed by atoms with E-state index in [9.17, 15) is 8.78 Å². The summed E-state index contributed by atoms with van der Waals surface area (Å²) in [6, 6.07) is 10.8. The molecule has 3 N–H and O–H groups in total. The molecular weight excluding hydrogens is 282 g/mol. The molecule has 2 aromatic rings. The van der Waals surface area contributed by atoms with Crippen molar-refractivity contribution in [3.05, 3.63) is 70.2 Å². The molecule has 0 heterocycles. The van der Waals surface area contributed by atoms with Gasteiger partial charge >= 0.3 is 0 Å². The predicted octanol–water partition coefficient (Wildman–Crippen LogP) is 3.24. The van der Waals surface area contributed by atoms with E-state index in [1.54, 1.807) is 6.07 Å². The fraction of sp³-hybridized carbons (Fsp3) is 0.200. The summed E-state index contributed by atoms with van der Waals surface area (Å²) in [5.74, 6) is 4.36. The fourth-order valence-electron chi connectivity index (χ4n) is 2.07. The van der Waals surface area contributed by atoms with Gasteiger partial charge in [0.15, 0.2) is 0 Å². The number of nitrogens with one attached hydrogen (secondary N) is 1. The van der Waals surface area contributed by atoms with Crippen LogP contribution in [0.5, 0.6) is 0 Å². The SMILES string of the molecule is NNC(Cc1ccc(F)cc1F)Cc1ccccc1Cl. The van der Waals surface area contributed by atoms with Crippen LogP contribution in [-0.4, -0.2) is 6.04 Å². The van der Waals surface area contributed by atoms with Crippen molar-refractivity contribution in [2.75, 3.05) is 0 Å². The second-order valence-electron chi connectivity index (χ2n) is 4.60. The Hall–Kier alpha value is -1.49. The number of rotatable bonds is 5. The van der Waals surface area contributed by atoms with E-state index >= 15 is 0 Å². The lowest BCUT2D eigenvalue weighted by Crippen LogP contribution is -2.38. The number of hydrazine groups is 1. The van der Waals surface area contributed by atoms with Gasteiger partial charge in [-0.15, -0.1) is 0 Å². The third-order valence-electron chi connectivity index (χ3n) is 3.14. The van der Waals surface area contributed by atoms with Gasteiger partial charge in [0.05, 0.1) is 0 Å².